The lowest BCUT2D eigenvalue weighted by molar-refractivity contribution is 0.0587. The Morgan fingerprint density at radius 3 is 2.69 bits per heavy atom. The Kier molecular flexibility index (Phi) is 4.70. The maximum Gasteiger partial charge on any atom is 0.357 e. The van der Waals surface area contributed by atoms with Crippen molar-refractivity contribution >= 4 is 11.9 Å². The average molecular weight is 362 g/mol. The lowest BCUT2D eigenvalue weighted by Gasteiger charge is -2.21. The van der Waals surface area contributed by atoms with Gasteiger partial charge >= 0.3 is 5.97 Å². The second-order valence-corrected chi connectivity index (χ2v) is 5.50. The Balaban J connectivity index is 2.21. The summed E-state index contributed by atoms with van der Waals surface area (Å²) in [6.07, 6.45) is 1.84. The lowest BCUT2D eigenvalue weighted by Crippen LogP contribution is -2.19. The molecule has 1 unspecified atom stereocenters. The fraction of sp³-hybridized carbons (Fsp3) is 0.235. The van der Waals surface area contributed by atoms with Crippen molar-refractivity contribution in [1.29, 1.82) is 0 Å². The van der Waals surface area contributed by atoms with Gasteiger partial charge in [0, 0.05) is 6.07 Å². The number of nitrogens with two attached hydrogens (primary N) is 1. The molecule has 2 N–H and O–H groups in total. The summed E-state index contributed by atoms with van der Waals surface area (Å²) in [7, 11) is 1.22. The van der Waals surface area contributed by atoms with Gasteiger partial charge < -0.3 is 15.0 Å². The van der Waals surface area contributed by atoms with Crippen LogP contribution in [0.1, 0.15) is 35.4 Å². The highest BCUT2D eigenvalue weighted by Gasteiger charge is 2.30. The molecule has 136 valence electrons. The van der Waals surface area contributed by atoms with Crippen molar-refractivity contribution in [3.8, 4) is 11.5 Å². The molecule has 0 aliphatic rings. The average Bonchev–Trinajstić information content (AvgIpc) is 3.26. The normalized spacial score (nSPS) is 12.2. The third kappa shape index (κ3) is 2.92. The minimum absolute atomic E-state index is 0.00776. The number of imidazole rings is 1. The van der Waals surface area contributed by atoms with Crippen LogP contribution in [0.3, 0.4) is 0 Å². The Morgan fingerprint density at radius 2 is 2.12 bits per heavy atom. The van der Waals surface area contributed by atoms with E-state index in [1.54, 1.807) is 0 Å². The van der Waals surface area contributed by atoms with Gasteiger partial charge in [-0.3, -0.25) is 4.57 Å². The number of ether oxygens (including phenoxy) is 1. The summed E-state index contributed by atoms with van der Waals surface area (Å²) in [5.74, 6) is -2.40. The second kappa shape index (κ2) is 6.95. The summed E-state index contributed by atoms with van der Waals surface area (Å²) in [6, 6.07) is 4.48. The SMILES string of the molecule is CCC(c1ccc(F)c(F)c1)n1c(N)nc(-c2ccno2)c1C(=O)OC. The molecular weight excluding hydrogens is 346 g/mol. The van der Waals surface area contributed by atoms with Gasteiger partial charge in [0.2, 0.25) is 5.95 Å². The summed E-state index contributed by atoms with van der Waals surface area (Å²) in [5.41, 5.74) is 6.67. The predicted octanol–water partition coefficient (Wildman–Crippen LogP) is 3.18. The molecule has 2 heterocycles. The first-order valence-electron chi connectivity index (χ1n) is 7.79. The molecule has 0 bridgehead atoms. The molecule has 1 atom stereocenters. The van der Waals surface area contributed by atoms with Crippen LogP contribution in [0.5, 0.6) is 0 Å². The highest BCUT2D eigenvalue weighted by Crippen LogP contribution is 2.33. The quantitative estimate of drug-likeness (QED) is 0.700. The van der Waals surface area contributed by atoms with Gasteiger partial charge in [0.15, 0.2) is 23.1 Å². The number of hydrogen-bond donors (Lipinski definition) is 1. The standard InChI is InChI=1S/C17H16F2N4O3/c1-3-12(9-4-5-10(18)11(19)8-9)23-15(16(24)25-2)14(22-17(23)20)13-6-7-21-26-13/h4-8,12H,3H2,1-2H3,(H2,20,22). The number of nitrogen functional groups attached to an aromatic ring is 1. The summed E-state index contributed by atoms with van der Waals surface area (Å²) in [4.78, 5) is 16.6. The number of esters is 1. The van der Waals surface area contributed by atoms with E-state index in [0.717, 1.165) is 12.1 Å². The summed E-state index contributed by atoms with van der Waals surface area (Å²) < 4.78 is 38.3. The van der Waals surface area contributed by atoms with Crippen LogP contribution >= 0.6 is 0 Å². The second-order valence-electron chi connectivity index (χ2n) is 5.50. The van der Waals surface area contributed by atoms with E-state index in [1.165, 1.54) is 30.0 Å². The Labute approximate surface area is 147 Å². The van der Waals surface area contributed by atoms with Crippen molar-refractivity contribution < 1.29 is 22.8 Å². The fourth-order valence-electron chi connectivity index (χ4n) is 2.85. The third-order valence-electron chi connectivity index (χ3n) is 4.02. The number of anilines is 1. The number of aromatic nitrogens is 3. The zero-order valence-electron chi connectivity index (χ0n) is 14.1. The van der Waals surface area contributed by atoms with E-state index in [1.807, 2.05) is 6.92 Å². The van der Waals surface area contributed by atoms with E-state index in [9.17, 15) is 13.6 Å². The number of rotatable bonds is 5. The molecule has 0 aliphatic carbocycles. The molecule has 0 saturated carbocycles. The van der Waals surface area contributed by atoms with Gasteiger partial charge in [-0.1, -0.05) is 18.1 Å². The largest absolute Gasteiger partial charge is 0.464 e. The Morgan fingerprint density at radius 1 is 1.35 bits per heavy atom. The van der Waals surface area contributed by atoms with E-state index in [2.05, 4.69) is 10.1 Å². The third-order valence-corrected chi connectivity index (χ3v) is 4.02. The number of methoxy groups -OCH3 is 1. The molecule has 0 saturated heterocycles. The Hall–Kier alpha value is -3.23. The van der Waals surface area contributed by atoms with Crippen molar-refractivity contribution in [3.05, 3.63) is 53.4 Å². The summed E-state index contributed by atoms with van der Waals surface area (Å²) >= 11 is 0. The molecule has 0 amide bonds. The van der Waals surface area contributed by atoms with E-state index >= 15 is 0 Å². The first-order valence-corrected chi connectivity index (χ1v) is 7.79. The number of benzene rings is 1. The molecular formula is C17H16F2N4O3. The zero-order chi connectivity index (χ0) is 18.8. The van der Waals surface area contributed by atoms with Crippen LogP contribution in [-0.4, -0.2) is 27.8 Å². The molecule has 2 aromatic heterocycles. The number of nitrogens with zero attached hydrogens (tertiary/aromatic N) is 3. The van der Waals surface area contributed by atoms with Crippen molar-refractivity contribution in [2.24, 2.45) is 0 Å². The van der Waals surface area contributed by atoms with Crippen LogP contribution < -0.4 is 5.73 Å². The highest BCUT2D eigenvalue weighted by atomic mass is 19.2. The highest BCUT2D eigenvalue weighted by molar-refractivity contribution is 5.94. The first kappa shape index (κ1) is 17.6. The molecule has 0 aliphatic heterocycles. The first-order chi connectivity index (χ1) is 12.5. The molecule has 1 aromatic carbocycles. The van der Waals surface area contributed by atoms with Crippen LogP contribution in [0.25, 0.3) is 11.5 Å². The molecule has 9 heteroatoms. The molecule has 3 aromatic rings. The van der Waals surface area contributed by atoms with E-state index < -0.39 is 23.6 Å². The number of hydrogen-bond acceptors (Lipinski definition) is 6. The van der Waals surface area contributed by atoms with Gasteiger partial charge in [0.25, 0.3) is 0 Å². The van der Waals surface area contributed by atoms with Crippen molar-refractivity contribution in [2.75, 3.05) is 12.8 Å². The molecule has 7 nitrogen and oxygen atoms in total. The van der Waals surface area contributed by atoms with E-state index in [-0.39, 0.29) is 23.1 Å². The van der Waals surface area contributed by atoms with Crippen LogP contribution in [-0.2, 0) is 4.74 Å². The fourth-order valence-corrected chi connectivity index (χ4v) is 2.85. The monoisotopic (exact) mass is 362 g/mol. The zero-order valence-corrected chi connectivity index (χ0v) is 14.1. The number of carbonyl (C=O) groups is 1. The van der Waals surface area contributed by atoms with Crippen LogP contribution in [0.2, 0.25) is 0 Å². The van der Waals surface area contributed by atoms with Crippen LogP contribution in [0.4, 0.5) is 14.7 Å². The minimum atomic E-state index is -0.991. The van der Waals surface area contributed by atoms with Gasteiger partial charge in [-0.25, -0.2) is 18.6 Å². The predicted molar refractivity (Wildman–Crippen MR) is 88.3 cm³/mol. The summed E-state index contributed by atoms with van der Waals surface area (Å²) in [6.45, 7) is 1.82. The van der Waals surface area contributed by atoms with E-state index in [4.69, 9.17) is 15.0 Å². The van der Waals surface area contributed by atoms with E-state index in [0.29, 0.717) is 12.0 Å². The van der Waals surface area contributed by atoms with Crippen molar-refractivity contribution in [1.82, 2.24) is 14.7 Å². The van der Waals surface area contributed by atoms with Gasteiger partial charge in [-0.15, -0.1) is 0 Å². The Bertz CT molecular complexity index is 938. The number of halogens is 2. The lowest BCUT2D eigenvalue weighted by atomic mass is 10.0. The topological polar surface area (TPSA) is 96.2 Å². The molecule has 0 fully saturated rings. The maximum atomic E-state index is 13.7. The molecule has 3 rings (SSSR count). The maximum absolute atomic E-state index is 13.7. The van der Waals surface area contributed by atoms with Crippen LogP contribution in [0.15, 0.2) is 35.0 Å². The molecule has 0 spiro atoms. The van der Waals surface area contributed by atoms with Crippen molar-refractivity contribution in [2.45, 2.75) is 19.4 Å². The molecule has 26 heavy (non-hydrogen) atoms. The number of carbonyl (C=O) groups excluding carboxylic acids is 1. The summed E-state index contributed by atoms with van der Waals surface area (Å²) in [5, 5.41) is 3.60. The minimum Gasteiger partial charge on any atom is -0.464 e. The van der Waals surface area contributed by atoms with Crippen LogP contribution in [0, 0.1) is 11.6 Å². The van der Waals surface area contributed by atoms with Gasteiger partial charge in [-0.2, -0.15) is 0 Å². The smallest absolute Gasteiger partial charge is 0.357 e. The molecule has 0 radical (unpaired) electrons. The van der Waals surface area contributed by atoms with Crippen molar-refractivity contribution in [3.63, 3.8) is 0 Å². The van der Waals surface area contributed by atoms with Gasteiger partial charge in [0.05, 0.1) is 19.3 Å². The van der Waals surface area contributed by atoms with Gasteiger partial charge in [0.1, 0.15) is 5.69 Å². The van der Waals surface area contributed by atoms with Gasteiger partial charge in [-0.05, 0) is 24.1 Å².